The molecule has 0 aromatic heterocycles. The van der Waals surface area contributed by atoms with Crippen LogP contribution in [0.2, 0.25) is 5.02 Å². The molecule has 5 nitrogen and oxygen atoms in total. The number of hydrogen-bond acceptors (Lipinski definition) is 4. The molecule has 148 valence electrons. The number of nitrogens with zero attached hydrogens (tertiary/aromatic N) is 1. The van der Waals surface area contributed by atoms with Gasteiger partial charge in [0.15, 0.2) is 11.5 Å². The molecule has 0 unspecified atom stereocenters. The van der Waals surface area contributed by atoms with Crippen LogP contribution in [0.5, 0.6) is 11.5 Å². The summed E-state index contributed by atoms with van der Waals surface area (Å²) in [4.78, 5) is 14.5. The maximum Gasteiger partial charge on any atom is 0.248 e. The minimum absolute atomic E-state index is 0.199. The van der Waals surface area contributed by atoms with Crippen molar-refractivity contribution >= 4 is 35.0 Å². The molecule has 1 amide bonds. The van der Waals surface area contributed by atoms with Gasteiger partial charge in [0.1, 0.15) is 11.5 Å². The number of halogens is 2. The summed E-state index contributed by atoms with van der Waals surface area (Å²) >= 11 is 6.18. The van der Waals surface area contributed by atoms with Gasteiger partial charge in [0.2, 0.25) is 5.91 Å². The number of methoxy groups -OCH3 is 2. The standard InChI is InChI=1S/C21H22ClFN2O3/c1-27-18-13-14(12-15(22)21(18)28-2)8-9-19(26)24-20-16(23)6-5-7-17(20)25-10-3-4-11-25/h5-9,12-13H,3-4,10-11H2,1-2H3,(H,24,26)/b9-8+. The number of amides is 1. The Morgan fingerprint density at radius 1 is 1.21 bits per heavy atom. The zero-order valence-corrected chi connectivity index (χ0v) is 16.6. The number of ether oxygens (including phenoxy) is 2. The Hall–Kier alpha value is -2.73. The number of carbonyl (C=O) groups excluding carboxylic acids is 1. The molecule has 3 rings (SSSR count). The van der Waals surface area contributed by atoms with Crippen molar-refractivity contribution in [1.29, 1.82) is 0 Å². The number of para-hydroxylation sites is 1. The van der Waals surface area contributed by atoms with Gasteiger partial charge in [-0.05, 0) is 48.7 Å². The zero-order chi connectivity index (χ0) is 20.1. The van der Waals surface area contributed by atoms with Crippen molar-refractivity contribution in [2.75, 3.05) is 37.5 Å². The first-order chi connectivity index (χ1) is 13.5. The largest absolute Gasteiger partial charge is 0.493 e. The van der Waals surface area contributed by atoms with Crippen LogP contribution in [0.25, 0.3) is 6.08 Å². The van der Waals surface area contributed by atoms with Gasteiger partial charge in [-0.2, -0.15) is 0 Å². The van der Waals surface area contributed by atoms with Gasteiger partial charge in [-0.1, -0.05) is 17.7 Å². The lowest BCUT2D eigenvalue weighted by atomic mass is 10.1. The Labute approximate surface area is 168 Å². The lowest BCUT2D eigenvalue weighted by Crippen LogP contribution is -2.21. The van der Waals surface area contributed by atoms with Gasteiger partial charge in [-0.25, -0.2) is 4.39 Å². The van der Waals surface area contributed by atoms with Gasteiger partial charge in [0, 0.05) is 19.2 Å². The van der Waals surface area contributed by atoms with Gasteiger partial charge in [0.05, 0.1) is 24.9 Å². The lowest BCUT2D eigenvalue weighted by Gasteiger charge is -2.21. The van der Waals surface area contributed by atoms with Crippen molar-refractivity contribution in [3.63, 3.8) is 0 Å². The molecule has 2 aromatic rings. The Morgan fingerprint density at radius 3 is 2.64 bits per heavy atom. The van der Waals surface area contributed by atoms with Crippen LogP contribution in [-0.2, 0) is 4.79 Å². The average molecular weight is 405 g/mol. The molecule has 0 bridgehead atoms. The van der Waals surface area contributed by atoms with Crippen LogP contribution in [0.1, 0.15) is 18.4 Å². The van der Waals surface area contributed by atoms with Crippen LogP contribution in [0.4, 0.5) is 15.8 Å². The van der Waals surface area contributed by atoms with Crippen molar-refractivity contribution in [2.24, 2.45) is 0 Å². The summed E-state index contributed by atoms with van der Waals surface area (Å²) in [7, 11) is 3.01. The first-order valence-electron chi connectivity index (χ1n) is 8.97. The monoisotopic (exact) mass is 404 g/mol. The molecule has 0 atom stereocenters. The molecule has 28 heavy (non-hydrogen) atoms. The molecular weight excluding hydrogens is 383 g/mol. The van der Waals surface area contributed by atoms with Crippen molar-refractivity contribution in [3.05, 3.63) is 52.8 Å². The van der Waals surface area contributed by atoms with Gasteiger partial charge < -0.3 is 19.7 Å². The molecule has 1 saturated heterocycles. The van der Waals surface area contributed by atoms with Crippen LogP contribution in [0.15, 0.2) is 36.4 Å². The molecular formula is C21H22ClFN2O3. The second-order valence-electron chi connectivity index (χ2n) is 6.39. The maximum atomic E-state index is 14.3. The van der Waals surface area contributed by atoms with Gasteiger partial charge in [-0.15, -0.1) is 0 Å². The summed E-state index contributed by atoms with van der Waals surface area (Å²) in [5.74, 6) is -0.00960. The lowest BCUT2D eigenvalue weighted by molar-refractivity contribution is -0.111. The number of carbonyl (C=O) groups is 1. The van der Waals surface area contributed by atoms with E-state index in [9.17, 15) is 9.18 Å². The van der Waals surface area contributed by atoms with Gasteiger partial charge >= 0.3 is 0 Å². The SMILES string of the molecule is COc1cc(/C=C/C(=O)Nc2c(F)cccc2N2CCCC2)cc(Cl)c1OC. The second-order valence-corrected chi connectivity index (χ2v) is 6.80. The third-order valence-electron chi connectivity index (χ3n) is 4.57. The number of anilines is 2. The third kappa shape index (κ3) is 4.39. The fraction of sp³-hybridized carbons (Fsp3) is 0.286. The Kier molecular flexibility index (Phi) is 6.41. The van der Waals surface area contributed by atoms with Crippen molar-refractivity contribution in [2.45, 2.75) is 12.8 Å². The number of hydrogen-bond donors (Lipinski definition) is 1. The van der Waals surface area contributed by atoms with E-state index in [1.165, 1.54) is 26.4 Å². The molecule has 0 radical (unpaired) electrons. The summed E-state index contributed by atoms with van der Waals surface area (Å²) in [6, 6.07) is 8.17. The first kappa shape index (κ1) is 20.0. The summed E-state index contributed by atoms with van der Waals surface area (Å²) in [6.45, 7) is 1.71. The molecule has 1 fully saturated rings. The number of rotatable bonds is 6. The molecule has 0 saturated carbocycles. The van der Waals surface area contributed by atoms with E-state index in [1.807, 2.05) is 6.07 Å². The van der Waals surface area contributed by atoms with Crippen LogP contribution >= 0.6 is 11.6 Å². The molecule has 1 aliphatic rings. The average Bonchev–Trinajstić information content (AvgIpc) is 3.22. The highest BCUT2D eigenvalue weighted by Gasteiger charge is 2.19. The maximum absolute atomic E-state index is 14.3. The minimum atomic E-state index is -0.458. The Bertz CT molecular complexity index is 895. The Balaban J connectivity index is 1.79. The zero-order valence-electron chi connectivity index (χ0n) is 15.8. The van der Waals surface area contributed by atoms with Crippen LogP contribution in [0, 0.1) is 5.82 Å². The summed E-state index contributed by atoms with van der Waals surface area (Å²) in [5.41, 5.74) is 1.56. The number of nitrogens with one attached hydrogen (secondary N) is 1. The predicted octanol–water partition coefficient (Wildman–Crippen LogP) is 4.75. The van der Waals surface area contributed by atoms with E-state index < -0.39 is 11.7 Å². The van der Waals surface area contributed by atoms with E-state index in [4.69, 9.17) is 21.1 Å². The van der Waals surface area contributed by atoms with E-state index in [2.05, 4.69) is 10.2 Å². The second kappa shape index (κ2) is 8.97. The Morgan fingerprint density at radius 2 is 1.96 bits per heavy atom. The molecule has 0 aliphatic carbocycles. The van der Waals surface area contributed by atoms with E-state index in [1.54, 1.807) is 24.3 Å². The normalized spacial score (nSPS) is 13.8. The van der Waals surface area contributed by atoms with Crippen LogP contribution in [-0.4, -0.2) is 33.2 Å². The van der Waals surface area contributed by atoms with E-state index in [0.717, 1.165) is 25.9 Å². The molecule has 1 aliphatic heterocycles. The van der Waals surface area contributed by atoms with E-state index >= 15 is 0 Å². The number of benzene rings is 2. The fourth-order valence-corrected chi connectivity index (χ4v) is 3.53. The van der Waals surface area contributed by atoms with Crippen molar-refractivity contribution < 1.29 is 18.7 Å². The van der Waals surface area contributed by atoms with Crippen molar-refractivity contribution in [3.8, 4) is 11.5 Å². The van der Waals surface area contributed by atoms with Gasteiger partial charge in [0.25, 0.3) is 0 Å². The predicted molar refractivity (Wildman–Crippen MR) is 110 cm³/mol. The molecule has 1 heterocycles. The molecule has 1 N–H and O–H groups in total. The summed E-state index contributed by atoms with van der Waals surface area (Å²) in [6.07, 6.45) is 5.03. The minimum Gasteiger partial charge on any atom is -0.493 e. The highest BCUT2D eigenvalue weighted by Crippen LogP contribution is 2.36. The summed E-state index contributed by atoms with van der Waals surface area (Å²) < 4.78 is 24.8. The fourth-order valence-electron chi connectivity index (χ4n) is 3.23. The highest BCUT2D eigenvalue weighted by atomic mass is 35.5. The molecule has 2 aromatic carbocycles. The third-order valence-corrected chi connectivity index (χ3v) is 4.85. The molecule has 7 heteroatoms. The van der Waals surface area contributed by atoms with Crippen LogP contribution in [0.3, 0.4) is 0 Å². The quantitative estimate of drug-likeness (QED) is 0.706. The van der Waals surface area contributed by atoms with E-state index in [0.29, 0.717) is 27.8 Å². The smallest absolute Gasteiger partial charge is 0.248 e. The van der Waals surface area contributed by atoms with Crippen LogP contribution < -0.4 is 19.7 Å². The van der Waals surface area contributed by atoms with Gasteiger partial charge in [-0.3, -0.25) is 4.79 Å². The topological polar surface area (TPSA) is 50.8 Å². The van der Waals surface area contributed by atoms with Crippen molar-refractivity contribution in [1.82, 2.24) is 0 Å². The molecule has 0 spiro atoms. The van der Waals surface area contributed by atoms with E-state index in [-0.39, 0.29) is 5.69 Å². The summed E-state index contributed by atoms with van der Waals surface area (Å²) in [5, 5.41) is 3.03. The first-order valence-corrected chi connectivity index (χ1v) is 9.35. The highest BCUT2D eigenvalue weighted by molar-refractivity contribution is 6.32.